The molecule has 1 unspecified atom stereocenters. The van der Waals surface area contributed by atoms with Gasteiger partial charge in [-0.05, 0) is 43.9 Å². The molecule has 4 rings (SSSR count). The lowest BCUT2D eigenvalue weighted by molar-refractivity contribution is -2.00. The highest BCUT2D eigenvalue weighted by Gasteiger charge is 2.32. The fraction of sp³-hybridized carbons (Fsp3) is 0.227. The Labute approximate surface area is 166 Å². The van der Waals surface area contributed by atoms with Crippen molar-refractivity contribution in [3.05, 3.63) is 78.1 Å². The number of fused-ring (bicyclic) bond motifs is 1. The summed E-state index contributed by atoms with van der Waals surface area (Å²) in [7, 11) is -4.94. The second-order valence-corrected chi connectivity index (χ2v) is 7.53. The molecule has 1 atom stereocenters. The fourth-order valence-electron chi connectivity index (χ4n) is 3.55. The van der Waals surface area contributed by atoms with E-state index < -0.39 is 10.2 Å². The van der Waals surface area contributed by atoms with Crippen LogP contribution in [0.2, 0.25) is 0 Å². The molecule has 28 heavy (non-hydrogen) atoms. The quantitative estimate of drug-likeness (QED) is 0.607. The Balaban J connectivity index is 0.000000403. The SMILES string of the molecule is CC1CCCc2c(-c3ccccc3)cc(-c3ccccc3)[o+]c21.[O-][Cl+3]([O-])([O-])[O-]. The number of hydrogen-bond donors (Lipinski definition) is 0. The Morgan fingerprint density at radius 1 is 0.857 bits per heavy atom. The number of halogens is 1. The van der Waals surface area contributed by atoms with Gasteiger partial charge in [0, 0.05) is 5.56 Å². The van der Waals surface area contributed by atoms with E-state index in [0.29, 0.717) is 5.92 Å². The molecule has 0 saturated heterocycles. The summed E-state index contributed by atoms with van der Waals surface area (Å²) in [5, 5.41) is 0. The predicted octanol–water partition coefficient (Wildman–Crippen LogP) is 1.58. The molecule has 1 aliphatic rings. The van der Waals surface area contributed by atoms with Gasteiger partial charge >= 0.3 is 11.5 Å². The molecule has 6 heteroatoms. The Morgan fingerprint density at radius 2 is 1.39 bits per heavy atom. The average Bonchev–Trinajstić information content (AvgIpc) is 2.68. The van der Waals surface area contributed by atoms with Gasteiger partial charge in [0.15, 0.2) is 0 Å². The molecule has 0 amide bonds. The Bertz CT molecular complexity index is 901. The van der Waals surface area contributed by atoms with E-state index in [-0.39, 0.29) is 0 Å². The van der Waals surface area contributed by atoms with Crippen LogP contribution in [0.15, 0.2) is 71.1 Å². The molecule has 0 radical (unpaired) electrons. The molecular formula is C22H21ClO5. The first kappa shape index (κ1) is 20.5. The zero-order valence-corrected chi connectivity index (χ0v) is 16.2. The van der Waals surface area contributed by atoms with Gasteiger partial charge in [-0.25, -0.2) is 23.1 Å². The Morgan fingerprint density at radius 3 is 1.96 bits per heavy atom. The predicted molar refractivity (Wildman–Crippen MR) is 95.3 cm³/mol. The van der Waals surface area contributed by atoms with E-state index in [2.05, 4.69) is 67.6 Å². The van der Waals surface area contributed by atoms with Crippen molar-refractivity contribution in [2.45, 2.75) is 32.1 Å². The highest BCUT2D eigenvalue weighted by atomic mass is 35.7. The van der Waals surface area contributed by atoms with E-state index in [9.17, 15) is 0 Å². The van der Waals surface area contributed by atoms with Crippen molar-refractivity contribution in [1.82, 2.24) is 0 Å². The maximum absolute atomic E-state index is 8.49. The molecule has 2 aromatic carbocycles. The lowest BCUT2D eigenvalue weighted by Crippen LogP contribution is -2.68. The van der Waals surface area contributed by atoms with E-state index in [4.69, 9.17) is 23.1 Å². The molecule has 1 heterocycles. The van der Waals surface area contributed by atoms with Gasteiger partial charge in [0.25, 0.3) is 0 Å². The molecule has 3 aromatic rings. The summed E-state index contributed by atoms with van der Waals surface area (Å²) in [5.74, 6) is 2.64. The van der Waals surface area contributed by atoms with Gasteiger partial charge in [0.1, 0.15) is 0 Å². The minimum Gasteiger partial charge on any atom is -0.222 e. The summed E-state index contributed by atoms with van der Waals surface area (Å²) in [4.78, 5) is 0. The first-order valence-corrected chi connectivity index (χ1v) is 10.3. The van der Waals surface area contributed by atoms with Crippen LogP contribution in [0.3, 0.4) is 0 Å². The average molecular weight is 401 g/mol. The van der Waals surface area contributed by atoms with Crippen molar-refractivity contribution in [2.24, 2.45) is 0 Å². The molecule has 0 aliphatic heterocycles. The first-order chi connectivity index (χ1) is 13.3. The van der Waals surface area contributed by atoms with Gasteiger partial charge in [-0.2, -0.15) is 0 Å². The van der Waals surface area contributed by atoms with E-state index in [0.717, 1.165) is 17.7 Å². The highest BCUT2D eigenvalue weighted by Crippen LogP contribution is 2.40. The number of benzene rings is 2. The van der Waals surface area contributed by atoms with Crippen LogP contribution in [0.4, 0.5) is 0 Å². The van der Waals surface area contributed by atoms with Crippen LogP contribution in [-0.2, 0) is 6.42 Å². The summed E-state index contributed by atoms with van der Waals surface area (Å²) in [6, 6.07) is 23.3. The lowest BCUT2D eigenvalue weighted by atomic mass is 9.84. The van der Waals surface area contributed by atoms with Crippen molar-refractivity contribution in [3.63, 3.8) is 0 Å². The molecule has 0 fully saturated rings. The molecular weight excluding hydrogens is 380 g/mol. The van der Waals surface area contributed by atoms with E-state index in [1.54, 1.807) is 0 Å². The van der Waals surface area contributed by atoms with Crippen LogP contribution < -0.4 is 18.6 Å². The highest BCUT2D eigenvalue weighted by molar-refractivity contribution is 5.73. The topological polar surface area (TPSA) is 104 Å². The molecule has 0 saturated carbocycles. The molecule has 0 N–H and O–H groups in total. The summed E-state index contributed by atoms with van der Waals surface area (Å²) < 4.78 is 40.3. The van der Waals surface area contributed by atoms with Crippen LogP contribution in [0.1, 0.15) is 37.0 Å². The van der Waals surface area contributed by atoms with Gasteiger partial charge in [0.05, 0.1) is 23.1 Å². The maximum Gasteiger partial charge on any atom is 0.360 e. The van der Waals surface area contributed by atoms with Crippen LogP contribution in [-0.4, -0.2) is 0 Å². The van der Waals surface area contributed by atoms with Gasteiger partial charge in [-0.1, -0.05) is 48.5 Å². The summed E-state index contributed by atoms with van der Waals surface area (Å²) >= 11 is 0. The van der Waals surface area contributed by atoms with Crippen LogP contribution in [0, 0.1) is 10.2 Å². The molecule has 1 aromatic heterocycles. The molecule has 0 spiro atoms. The van der Waals surface area contributed by atoms with Crippen LogP contribution >= 0.6 is 0 Å². The number of hydrogen-bond acceptors (Lipinski definition) is 4. The minimum atomic E-state index is -4.94. The zero-order valence-electron chi connectivity index (χ0n) is 15.5. The summed E-state index contributed by atoms with van der Waals surface area (Å²) in [6.45, 7) is 2.28. The third-order valence-electron chi connectivity index (χ3n) is 4.77. The minimum absolute atomic E-state index is 0.491. The third-order valence-corrected chi connectivity index (χ3v) is 4.77. The standard InChI is InChI=1S/C22H21O.ClHO4/c1-16-9-8-14-19-20(17-10-4-2-5-11-17)15-21(23-22(16)19)18-12-6-3-7-13-18;2-1(3,4)5/h2-7,10-13,15-16H,8-9,14H2,1H3;(H,2,3,4,5)/q+1;/p-1. The van der Waals surface area contributed by atoms with Crippen LogP contribution in [0.25, 0.3) is 22.5 Å². The summed E-state index contributed by atoms with van der Waals surface area (Å²) in [5.41, 5.74) is 5.16. The Hall–Kier alpha value is -2.28. The lowest BCUT2D eigenvalue weighted by Gasteiger charge is -2.17. The number of rotatable bonds is 2. The van der Waals surface area contributed by atoms with Gasteiger partial charge in [-0.3, -0.25) is 0 Å². The third kappa shape index (κ3) is 5.38. The normalized spacial score (nSPS) is 16.0. The van der Waals surface area contributed by atoms with Gasteiger partial charge < -0.3 is 0 Å². The van der Waals surface area contributed by atoms with Gasteiger partial charge in [0.2, 0.25) is 0 Å². The van der Waals surface area contributed by atoms with E-state index in [1.807, 2.05) is 6.07 Å². The van der Waals surface area contributed by atoms with E-state index >= 15 is 0 Å². The van der Waals surface area contributed by atoms with E-state index in [1.165, 1.54) is 35.3 Å². The molecule has 5 nitrogen and oxygen atoms in total. The van der Waals surface area contributed by atoms with Gasteiger partial charge in [-0.15, -0.1) is 10.2 Å². The van der Waals surface area contributed by atoms with Crippen LogP contribution in [0.5, 0.6) is 0 Å². The van der Waals surface area contributed by atoms with Crippen molar-refractivity contribution < 1.29 is 33.3 Å². The Kier molecular flexibility index (Phi) is 6.44. The molecule has 0 bridgehead atoms. The maximum atomic E-state index is 8.49. The molecule has 146 valence electrons. The van der Waals surface area contributed by atoms with Crippen molar-refractivity contribution in [1.29, 1.82) is 0 Å². The first-order valence-electron chi connectivity index (χ1n) is 9.05. The monoisotopic (exact) mass is 400 g/mol. The van der Waals surface area contributed by atoms with Crippen molar-refractivity contribution in [2.75, 3.05) is 0 Å². The fourth-order valence-corrected chi connectivity index (χ4v) is 3.55. The second-order valence-electron chi connectivity index (χ2n) is 6.77. The molecule has 1 aliphatic carbocycles. The largest absolute Gasteiger partial charge is 0.360 e. The summed E-state index contributed by atoms with van der Waals surface area (Å²) in [6.07, 6.45) is 3.57. The zero-order chi connectivity index (χ0) is 20.1. The van der Waals surface area contributed by atoms with Crippen molar-refractivity contribution >= 4 is 0 Å². The second kappa shape index (κ2) is 8.82. The van der Waals surface area contributed by atoms with Crippen molar-refractivity contribution in [3.8, 4) is 22.5 Å². The smallest absolute Gasteiger partial charge is 0.222 e.